The van der Waals surface area contributed by atoms with E-state index in [0.29, 0.717) is 0 Å². The van der Waals surface area contributed by atoms with Crippen LogP contribution in [0.15, 0.2) is 0 Å². The van der Waals surface area contributed by atoms with Crippen LogP contribution in [0.2, 0.25) is 4.44 Å². The van der Waals surface area contributed by atoms with E-state index >= 15 is 0 Å². The molecule has 0 fully saturated rings. The van der Waals surface area contributed by atoms with E-state index in [4.69, 9.17) is 0 Å². The van der Waals surface area contributed by atoms with Crippen LogP contribution < -0.4 is 0 Å². The molecule has 0 aliphatic rings. The van der Waals surface area contributed by atoms with E-state index in [1.54, 1.807) is 4.44 Å². The van der Waals surface area contributed by atoms with Crippen LogP contribution in [0.1, 0.15) is 77.6 Å². The summed E-state index contributed by atoms with van der Waals surface area (Å²) in [7, 11) is 0. The fourth-order valence-corrected chi connectivity index (χ4v) is 5.51. The van der Waals surface area contributed by atoms with E-state index in [9.17, 15) is 0 Å². The molecule has 0 amide bonds. The van der Waals surface area contributed by atoms with Gasteiger partial charge in [0, 0.05) is 0 Å². The average Bonchev–Trinajstić information content (AvgIpc) is 2.26. The number of hydrogen-bond acceptors (Lipinski definition) is 0. The van der Waals surface area contributed by atoms with E-state index in [-0.39, 0.29) is 17.2 Å². The first-order valence-corrected chi connectivity index (χ1v) is 17.1. The summed E-state index contributed by atoms with van der Waals surface area (Å²) in [5, 5.41) is 0. The monoisotopic (exact) mass is 430 g/mol. The van der Waals surface area contributed by atoms with Gasteiger partial charge in [0.1, 0.15) is 0 Å². The van der Waals surface area contributed by atoms with Crippen molar-refractivity contribution >= 4 is 35.8 Å². The molecule has 0 aliphatic heterocycles. The summed E-state index contributed by atoms with van der Waals surface area (Å²) >= 11 is 2.75. The molecule has 0 aromatic carbocycles. The second-order valence-electron chi connectivity index (χ2n) is 4.42. The second kappa shape index (κ2) is 15.5. The summed E-state index contributed by atoms with van der Waals surface area (Å²) in [6.45, 7) is 2.29. The molecule has 88 valence electrons. The molecule has 0 saturated carbocycles. The van der Waals surface area contributed by atoms with Crippen molar-refractivity contribution in [1.82, 2.24) is 0 Å². The Bertz CT molecular complexity index is 94.7. The third kappa shape index (κ3) is 15.5. The van der Waals surface area contributed by atoms with Crippen LogP contribution in [0.25, 0.3) is 0 Å². The molecule has 0 N–H and O–H groups in total. The van der Waals surface area contributed by atoms with Crippen LogP contribution in [-0.4, -0.2) is 17.2 Å². The van der Waals surface area contributed by atoms with Crippen molar-refractivity contribution in [1.29, 1.82) is 0 Å². The van der Waals surface area contributed by atoms with Gasteiger partial charge >= 0.3 is 111 Å². The molecule has 0 bridgehead atoms. The molecule has 0 heterocycles. The van der Waals surface area contributed by atoms with Gasteiger partial charge in [-0.2, -0.15) is 0 Å². The van der Waals surface area contributed by atoms with Gasteiger partial charge in [-0.1, -0.05) is 6.92 Å². The summed E-state index contributed by atoms with van der Waals surface area (Å²) in [5.41, 5.74) is 0. The Labute approximate surface area is 117 Å². The molecular formula is C13H27ISn+2. The number of rotatable bonds is 12. The van der Waals surface area contributed by atoms with Gasteiger partial charge in [0.05, 0.1) is 0 Å². The van der Waals surface area contributed by atoms with Gasteiger partial charge in [-0.15, -0.1) is 0 Å². The minimum absolute atomic E-state index is 0.101. The van der Waals surface area contributed by atoms with Crippen LogP contribution in [0.5, 0.6) is 0 Å². The Morgan fingerprint density at radius 2 is 1.07 bits per heavy atom. The zero-order valence-corrected chi connectivity index (χ0v) is 15.4. The average molecular weight is 429 g/mol. The topological polar surface area (TPSA) is 0 Å². The third-order valence-electron chi connectivity index (χ3n) is 2.87. The molecule has 0 atom stereocenters. The van der Waals surface area contributed by atoms with Gasteiger partial charge in [-0.25, -0.2) is 0 Å². The maximum atomic E-state index is 2.65. The van der Waals surface area contributed by atoms with Gasteiger partial charge in [0.25, 0.3) is 0 Å². The molecule has 0 aromatic rings. The van der Waals surface area contributed by atoms with Crippen molar-refractivity contribution in [3.05, 3.63) is 0 Å². The van der Waals surface area contributed by atoms with E-state index in [2.05, 4.69) is 25.6 Å². The summed E-state index contributed by atoms with van der Waals surface area (Å²) in [6.07, 6.45) is 16.3. The Kier molecular flexibility index (Phi) is 17.1. The second-order valence-corrected chi connectivity index (χ2v) is 11.7. The van der Waals surface area contributed by atoms with E-state index in [1.165, 1.54) is 70.6 Å². The molecule has 0 saturated heterocycles. The first-order chi connectivity index (χ1) is 7.41. The molecule has 0 unspecified atom stereocenters. The summed E-state index contributed by atoms with van der Waals surface area (Å²) in [4.78, 5) is 0. The molecule has 0 radical (unpaired) electrons. The number of halogens is 1. The van der Waals surface area contributed by atoms with Gasteiger partial charge in [-0.3, -0.25) is 0 Å². The summed E-state index contributed by atoms with van der Waals surface area (Å²) in [5.74, 6) is 0. The van der Waals surface area contributed by atoms with E-state index < -0.39 is 0 Å². The molecule has 15 heavy (non-hydrogen) atoms. The quantitative estimate of drug-likeness (QED) is 0.210. The van der Waals surface area contributed by atoms with Gasteiger partial charge in [-0.05, 0) is 0 Å². The van der Waals surface area contributed by atoms with Crippen molar-refractivity contribution in [2.45, 2.75) is 82.0 Å². The predicted octanol–water partition coefficient (Wildman–Crippen LogP) is 5.77. The van der Waals surface area contributed by atoms with Crippen molar-refractivity contribution in [3.8, 4) is 0 Å². The Morgan fingerprint density at radius 1 is 0.667 bits per heavy atom. The predicted molar refractivity (Wildman–Crippen MR) is 81.0 cm³/mol. The van der Waals surface area contributed by atoms with Crippen LogP contribution >= 0.6 is 18.6 Å². The Balaban J connectivity index is 2.81. The molecule has 2 heteroatoms. The number of hydrogen-bond donors (Lipinski definition) is 0. The first kappa shape index (κ1) is 16.5. The van der Waals surface area contributed by atoms with Crippen LogP contribution in [0, 0.1) is 0 Å². The normalized spacial score (nSPS) is 10.3. The first-order valence-electron chi connectivity index (χ1n) is 6.75. The third-order valence-corrected chi connectivity index (χ3v) is 8.04. The Hall–Kier alpha value is 1.53. The van der Waals surface area contributed by atoms with E-state index in [0.717, 1.165) is 0 Å². The maximum absolute atomic E-state index is 2.65. The Morgan fingerprint density at radius 3 is 1.47 bits per heavy atom. The summed E-state index contributed by atoms with van der Waals surface area (Å²) < 4.78 is 1.60. The molecular weight excluding hydrogens is 402 g/mol. The van der Waals surface area contributed by atoms with Gasteiger partial charge < -0.3 is 0 Å². The molecule has 0 aromatic heterocycles. The zero-order chi connectivity index (χ0) is 11.2. The van der Waals surface area contributed by atoms with Crippen molar-refractivity contribution < 1.29 is 0 Å². The molecule has 0 nitrogen and oxygen atoms in total. The van der Waals surface area contributed by atoms with Crippen LogP contribution in [0.4, 0.5) is 0 Å². The van der Waals surface area contributed by atoms with Crippen molar-refractivity contribution in [3.63, 3.8) is 0 Å². The van der Waals surface area contributed by atoms with Gasteiger partial charge in [0.2, 0.25) is 0 Å². The fourth-order valence-electron chi connectivity index (χ4n) is 1.86. The number of unbranched alkanes of at least 4 members (excludes halogenated alkanes) is 10. The van der Waals surface area contributed by atoms with Crippen molar-refractivity contribution in [2.24, 2.45) is 0 Å². The molecule has 0 rings (SSSR count). The fraction of sp³-hybridized carbons (Fsp3) is 1.00. The molecule has 0 spiro atoms. The van der Waals surface area contributed by atoms with Gasteiger partial charge in [0.15, 0.2) is 0 Å². The minimum atomic E-state index is 0.101. The zero-order valence-electron chi connectivity index (χ0n) is 10.4. The van der Waals surface area contributed by atoms with Crippen LogP contribution in [-0.2, 0) is 0 Å². The van der Waals surface area contributed by atoms with Crippen molar-refractivity contribution in [2.75, 3.05) is 0 Å². The SMILES string of the molecule is CCCCCCCCCCCC[CH2][Sn+2][I]. The summed E-state index contributed by atoms with van der Waals surface area (Å²) in [6, 6.07) is 0. The molecule has 0 aliphatic carbocycles. The standard InChI is InChI=1S/C13H27.HI.Sn/c1-3-5-7-9-11-13-12-10-8-6-4-2;;/h1,3-13H2,2H3;1H;/q;;+3/p-1. The van der Waals surface area contributed by atoms with E-state index in [1.807, 2.05) is 0 Å². The van der Waals surface area contributed by atoms with Crippen LogP contribution in [0.3, 0.4) is 0 Å².